The number of alkyl halides is 3. The number of halogens is 3. The lowest BCUT2D eigenvalue weighted by Gasteiger charge is -2.31. The second kappa shape index (κ2) is 7.92. The number of nitrogens with one attached hydrogen (secondary N) is 1. The van der Waals surface area contributed by atoms with Gasteiger partial charge in [0.25, 0.3) is 5.91 Å². The van der Waals surface area contributed by atoms with Gasteiger partial charge >= 0.3 is 6.18 Å². The van der Waals surface area contributed by atoms with E-state index in [1.54, 1.807) is 17.0 Å². The van der Waals surface area contributed by atoms with E-state index in [4.69, 9.17) is 0 Å². The van der Waals surface area contributed by atoms with E-state index in [0.29, 0.717) is 31.5 Å². The average molecular weight is 360 g/mol. The van der Waals surface area contributed by atoms with E-state index >= 15 is 0 Å². The van der Waals surface area contributed by atoms with Gasteiger partial charge in [-0.25, -0.2) is 0 Å². The van der Waals surface area contributed by atoms with Gasteiger partial charge in [0.1, 0.15) is 6.54 Å². The van der Waals surface area contributed by atoms with Crippen LogP contribution in [0.2, 0.25) is 0 Å². The molecule has 8 heteroatoms. The predicted octanol–water partition coefficient (Wildman–Crippen LogP) is 2.94. The number of likely N-dealkylation sites (tertiary alicyclic amines) is 1. The minimum Gasteiger partial charge on any atom is -0.347 e. The zero-order chi connectivity index (χ0) is 17.7. The summed E-state index contributed by atoms with van der Waals surface area (Å²) in [6, 6.07) is 7.29. The topological polar surface area (TPSA) is 49.4 Å². The van der Waals surface area contributed by atoms with E-state index in [0.717, 1.165) is 4.90 Å². The molecule has 1 N–H and O–H groups in total. The van der Waals surface area contributed by atoms with Crippen LogP contribution in [0.25, 0.3) is 0 Å². The normalized spacial score (nSPS) is 16.1. The maximum absolute atomic E-state index is 12.6. The summed E-state index contributed by atoms with van der Waals surface area (Å²) in [5.41, 5.74) is 0.616. The fourth-order valence-corrected chi connectivity index (χ4v) is 3.26. The third kappa shape index (κ3) is 4.90. The van der Waals surface area contributed by atoms with Crippen molar-refractivity contribution in [2.75, 3.05) is 25.9 Å². The van der Waals surface area contributed by atoms with E-state index in [1.165, 1.54) is 11.8 Å². The molecule has 0 unspecified atom stereocenters. The number of carbonyl (C=O) groups is 2. The number of rotatable bonds is 4. The van der Waals surface area contributed by atoms with Gasteiger partial charge in [-0.05, 0) is 31.2 Å². The Bertz CT molecular complexity index is 599. The summed E-state index contributed by atoms with van der Waals surface area (Å²) in [5, 5.41) is 1.92. The molecule has 0 atom stereocenters. The SMILES string of the molecule is CSc1ccccc1C(=O)N1CCC(C(=O)NCC(F)(F)F)CC1. The number of amides is 2. The van der Waals surface area contributed by atoms with Crippen molar-refractivity contribution in [3.05, 3.63) is 29.8 Å². The first-order valence-electron chi connectivity index (χ1n) is 7.58. The molecular formula is C16H19F3N2O2S. The van der Waals surface area contributed by atoms with Crippen LogP contribution in [0.5, 0.6) is 0 Å². The number of carbonyl (C=O) groups excluding carboxylic acids is 2. The van der Waals surface area contributed by atoms with E-state index in [9.17, 15) is 22.8 Å². The minimum atomic E-state index is -4.41. The first-order valence-corrected chi connectivity index (χ1v) is 8.81. The number of hydrogen-bond donors (Lipinski definition) is 1. The predicted molar refractivity (Wildman–Crippen MR) is 85.9 cm³/mol. The van der Waals surface area contributed by atoms with Crippen LogP contribution in [0.4, 0.5) is 13.2 Å². The van der Waals surface area contributed by atoms with E-state index in [-0.39, 0.29) is 5.91 Å². The number of nitrogens with zero attached hydrogens (tertiary/aromatic N) is 1. The summed E-state index contributed by atoms with van der Waals surface area (Å²) in [6.07, 6.45) is -1.77. The second-order valence-electron chi connectivity index (χ2n) is 5.60. The zero-order valence-corrected chi connectivity index (χ0v) is 14.0. The highest BCUT2D eigenvalue weighted by atomic mass is 32.2. The van der Waals surface area contributed by atoms with Gasteiger partial charge in [0, 0.05) is 23.9 Å². The molecule has 0 bridgehead atoms. The van der Waals surface area contributed by atoms with Crippen molar-refractivity contribution in [3.63, 3.8) is 0 Å². The van der Waals surface area contributed by atoms with Crippen molar-refractivity contribution >= 4 is 23.6 Å². The fourth-order valence-electron chi connectivity index (χ4n) is 2.67. The molecule has 0 aliphatic carbocycles. The first kappa shape index (κ1) is 18.6. The molecule has 24 heavy (non-hydrogen) atoms. The number of piperidine rings is 1. The van der Waals surface area contributed by atoms with Gasteiger partial charge in [0.05, 0.1) is 5.56 Å². The van der Waals surface area contributed by atoms with Crippen molar-refractivity contribution in [2.24, 2.45) is 5.92 Å². The third-order valence-corrected chi connectivity index (χ3v) is 4.75. The molecule has 1 heterocycles. The smallest absolute Gasteiger partial charge is 0.347 e. The summed E-state index contributed by atoms with van der Waals surface area (Å²) in [6.45, 7) is -0.580. The third-order valence-electron chi connectivity index (χ3n) is 3.95. The molecule has 2 rings (SSSR count). The molecule has 0 aromatic heterocycles. The molecule has 1 aliphatic heterocycles. The van der Waals surface area contributed by atoms with Gasteiger partial charge in [-0.2, -0.15) is 13.2 Å². The molecule has 2 amide bonds. The van der Waals surface area contributed by atoms with Crippen LogP contribution in [-0.4, -0.2) is 48.8 Å². The first-order chi connectivity index (χ1) is 11.3. The average Bonchev–Trinajstić information content (AvgIpc) is 2.58. The summed E-state index contributed by atoms with van der Waals surface area (Å²) in [4.78, 5) is 26.9. The van der Waals surface area contributed by atoms with Crippen LogP contribution >= 0.6 is 11.8 Å². The Morgan fingerprint density at radius 2 is 1.88 bits per heavy atom. The largest absolute Gasteiger partial charge is 0.405 e. The number of thioether (sulfide) groups is 1. The van der Waals surface area contributed by atoms with Gasteiger partial charge in [-0.1, -0.05) is 12.1 Å². The Morgan fingerprint density at radius 3 is 2.46 bits per heavy atom. The molecule has 0 radical (unpaired) electrons. The Kier molecular flexibility index (Phi) is 6.15. The van der Waals surface area contributed by atoms with E-state index in [1.807, 2.05) is 23.7 Å². The summed E-state index contributed by atoms with van der Waals surface area (Å²) in [7, 11) is 0. The molecule has 1 fully saturated rings. The summed E-state index contributed by atoms with van der Waals surface area (Å²) in [5.74, 6) is -1.18. The lowest BCUT2D eigenvalue weighted by atomic mass is 9.95. The van der Waals surface area contributed by atoms with Gasteiger partial charge < -0.3 is 10.2 Å². The van der Waals surface area contributed by atoms with Crippen molar-refractivity contribution in [1.29, 1.82) is 0 Å². The van der Waals surface area contributed by atoms with Crippen LogP contribution in [0, 0.1) is 5.92 Å². The molecule has 0 spiro atoms. The van der Waals surface area contributed by atoms with Gasteiger partial charge in [-0.3, -0.25) is 9.59 Å². The quantitative estimate of drug-likeness (QED) is 0.840. The van der Waals surface area contributed by atoms with E-state index in [2.05, 4.69) is 0 Å². The lowest BCUT2D eigenvalue weighted by molar-refractivity contribution is -0.141. The standard InChI is InChI=1S/C16H19F3N2O2S/c1-24-13-5-3-2-4-12(13)15(23)21-8-6-11(7-9-21)14(22)20-10-16(17,18)19/h2-5,11H,6-10H2,1H3,(H,20,22). The minimum absolute atomic E-state index is 0.103. The monoisotopic (exact) mass is 360 g/mol. The molecule has 1 aromatic rings. The van der Waals surface area contributed by atoms with Crippen LogP contribution in [-0.2, 0) is 4.79 Å². The Balaban J connectivity index is 1.90. The highest BCUT2D eigenvalue weighted by Gasteiger charge is 2.32. The van der Waals surface area contributed by atoms with Gasteiger partial charge in [0.2, 0.25) is 5.91 Å². The molecule has 1 aliphatic rings. The van der Waals surface area contributed by atoms with Crippen LogP contribution in [0.15, 0.2) is 29.2 Å². The lowest BCUT2D eigenvalue weighted by Crippen LogP contribution is -2.44. The van der Waals surface area contributed by atoms with E-state index < -0.39 is 24.5 Å². The van der Waals surface area contributed by atoms with Crippen LogP contribution < -0.4 is 5.32 Å². The highest BCUT2D eigenvalue weighted by Crippen LogP contribution is 2.24. The van der Waals surface area contributed by atoms with Crippen LogP contribution in [0.1, 0.15) is 23.2 Å². The molecule has 4 nitrogen and oxygen atoms in total. The van der Waals surface area contributed by atoms with Crippen molar-refractivity contribution < 1.29 is 22.8 Å². The van der Waals surface area contributed by atoms with Gasteiger partial charge in [-0.15, -0.1) is 11.8 Å². The van der Waals surface area contributed by atoms with Crippen LogP contribution in [0.3, 0.4) is 0 Å². The molecule has 1 aromatic carbocycles. The summed E-state index contributed by atoms with van der Waals surface area (Å²) < 4.78 is 36.4. The maximum Gasteiger partial charge on any atom is 0.405 e. The van der Waals surface area contributed by atoms with Crippen molar-refractivity contribution in [3.8, 4) is 0 Å². The zero-order valence-electron chi connectivity index (χ0n) is 13.2. The fraction of sp³-hybridized carbons (Fsp3) is 0.500. The molecule has 1 saturated heterocycles. The molecule has 0 saturated carbocycles. The number of hydrogen-bond acceptors (Lipinski definition) is 3. The Morgan fingerprint density at radius 1 is 1.25 bits per heavy atom. The Labute approximate surface area is 142 Å². The summed E-state index contributed by atoms with van der Waals surface area (Å²) >= 11 is 1.48. The van der Waals surface area contributed by atoms with Crippen molar-refractivity contribution in [2.45, 2.75) is 23.9 Å². The van der Waals surface area contributed by atoms with Crippen molar-refractivity contribution in [1.82, 2.24) is 10.2 Å². The Hall–Kier alpha value is -1.70. The number of benzene rings is 1. The molecular weight excluding hydrogens is 341 g/mol. The highest BCUT2D eigenvalue weighted by molar-refractivity contribution is 7.98. The second-order valence-corrected chi connectivity index (χ2v) is 6.45. The maximum atomic E-state index is 12.6. The molecule has 132 valence electrons. The van der Waals surface area contributed by atoms with Gasteiger partial charge in [0.15, 0.2) is 0 Å².